The minimum Gasteiger partial charge on any atom is -0.352 e. The molecule has 0 saturated heterocycles. The number of para-hydroxylation sites is 1. The number of rotatable bonds is 11. The first-order valence-corrected chi connectivity index (χ1v) is 14.6. The summed E-state index contributed by atoms with van der Waals surface area (Å²) in [4.78, 5) is 32.2. The van der Waals surface area contributed by atoms with E-state index in [4.69, 9.17) is 0 Å². The zero-order valence-electron chi connectivity index (χ0n) is 23.5. The van der Waals surface area contributed by atoms with Crippen molar-refractivity contribution in [2.75, 3.05) is 31.6 Å². The Kier molecular flexibility index (Phi) is 10.0. The van der Waals surface area contributed by atoms with Gasteiger partial charge in [0.1, 0.15) is 0 Å². The molecule has 0 aromatic heterocycles. The molecule has 0 fully saturated rings. The molecule has 4 rings (SSSR count). The van der Waals surface area contributed by atoms with Crippen LogP contribution >= 0.6 is 11.8 Å². The van der Waals surface area contributed by atoms with Crippen LogP contribution in [0.15, 0.2) is 76.5 Å². The number of aryl methyl sites for hydroxylation is 2. The molecule has 5 nitrogen and oxygen atoms in total. The smallest absolute Gasteiger partial charge is 0.265 e. The fourth-order valence-electron chi connectivity index (χ4n) is 4.63. The number of thioether (sulfide) groups is 1. The van der Waals surface area contributed by atoms with E-state index in [2.05, 4.69) is 62.3 Å². The molecule has 39 heavy (non-hydrogen) atoms. The lowest BCUT2D eigenvalue weighted by Crippen LogP contribution is -2.34. The first-order valence-electron chi connectivity index (χ1n) is 13.8. The lowest BCUT2D eigenvalue weighted by Gasteiger charge is -2.31. The number of unbranched alkanes of at least 4 members (excludes halogenated alkanes) is 1. The van der Waals surface area contributed by atoms with Gasteiger partial charge in [-0.25, -0.2) is 0 Å². The van der Waals surface area contributed by atoms with Crippen molar-refractivity contribution in [3.05, 3.63) is 99.5 Å². The van der Waals surface area contributed by atoms with Crippen LogP contribution in [0.4, 0.5) is 5.69 Å². The van der Waals surface area contributed by atoms with Gasteiger partial charge in [0.05, 0.1) is 17.1 Å². The van der Waals surface area contributed by atoms with Gasteiger partial charge in [-0.1, -0.05) is 73.1 Å². The molecule has 1 N–H and O–H groups in total. The highest BCUT2D eigenvalue weighted by Gasteiger charge is 2.29. The molecule has 1 aliphatic rings. The number of amides is 2. The Balaban J connectivity index is 1.44. The van der Waals surface area contributed by atoms with E-state index in [9.17, 15) is 9.59 Å². The summed E-state index contributed by atoms with van der Waals surface area (Å²) in [6.07, 6.45) is 5.24. The highest BCUT2D eigenvalue weighted by Crippen LogP contribution is 2.42. The van der Waals surface area contributed by atoms with Gasteiger partial charge in [-0.05, 0) is 93.9 Å². The molecular weight excluding hydrogens is 502 g/mol. The van der Waals surface area contributed by atoms with Crippen LogP contribution in [0.3, 0.4) is 0 Å². The molecule has 3 aromatic rings. The van der Waals surface area contributed by atoms with E-state index in [1.165, 1.54) is 35.7 Å². The lowest BCUT2D eigenvalue weighted by molar-refractivity contribution is -0.114. The number of hydrogen-bond acceptors (Lipinski definition) is 4. The molecule has 1 heterocycles. The Morgan fingerprint density at radius 1 is 1.00 bits per heavy atom. The van der Waals surface area contributed by atoms with Crippen molar-refractivity contribution in [3.8, 4) is 0 Å². The van der Waals surface area contributed by atoms with Gasteiger partial charge in [0.15, 0.2) is 0 Å². The van der Waals surface area contributed by atoms with Gasteiger partial charge in [0.2, 0.25) is 0 Å². The summed E-state index contributed by atoms with van der Waals surface area (Å²) in [7, 11) is 2.13. The van der Waals surface area contributed by atoms with E-state index in [0.29, 0.717) is 23.6 Å². The van der Waals surface area contributed by atoms with E-state index in [1.807, 2.05) is 53.4 Å². The topological polar surface area (TPSA) is 52.7 Å². The van der Waals surface area contributed by atoms with Crippen molar-refractivity contribution < 1.29 is 9.59 Å². The molecule has 0 bridgehead atoms. The normalized spacial score (nSPS) is 14.1. The van der Waals surface area contributed by atoms with Gasteiger partial charge >= 0.3 is 0 Å². The summed E-state index contributed by atoms with van der Waals surface area (Å²) in [5.41, 5.74) is 5.96. The Morgan fingerprint density at radius 2 is 1.74 bits per heavy atom. The van der Waals surface area contributed by atoms with E-state index in [1.54, 1.807) is 0 Å². The van der Waals surface area contributed by atoms with Crippen LogP contribution in [0.2, 0.25) is 0 Å². The predicted octanol–water partition coefficient (Wildman–Crippen LogP) is 6.84. The SMILES string of the molecule is CCCCN(C)CCCNC(=O)c1ccc(/C=C2\Sc3ccccc3N(Cc3cc(C)ccc3C)C2=O)cc1. The van der Waals surface area contributed by atoms with Crippen molar-refractivity contribution in [2.45, 2.75) is 51.5 Å². The molecule has 3 aromatic carbocycles. The second-order valence-electron chi connectivity index (χ2n) is 10.3. The minimum absolute atomic E-state index is 0.00895. The van der Waals surface area contributed by atoms with Crippen molar-refractivity contribution in [3.63, 3.8) is 0 Å². The van der Waals surface area contributed by atoms with Crippen LogP contribution < -0.4 is 10.2 Å². The number of nitrogens with zero attached hydrogens (tertiary/aromatic N) is 2. The van der Waals surface area contributed by atoms with Crippen LogP contribution in [0, 0.1) is 13.8 Å². The Labute approximate surface area is 237 Å². The van der Waals surface area contributed by atoms with Gasteiger partial charge in [0, 0.05) is 17.0 Å². The predicted molar refractivity (Wildman–Crippen MR) is 163 cm³/mol. The quantitative estimate of drug-likeness (QED) is 0.213. The summed E-state index contributed by atoms with van der Waals surface area (Å²) in [6, 6.07) is 21.9. The summed E-state index contributed by atoms with van der Waals surface area (Å²) < 4.78 is 0. The fourth-order valence-corrected chi connectivity index (χ4v) is 5.69. The molecule has 0 radical (unpaired) electrons. The molecule has 2 amide bonds. The summed E-state index contributed by atoms with van der Waals surface area (Å²) in [5, 5.41) is 3.02. The lowest BCUT2D eigenvalue weighted by atomic mass is 10.0. The maximum Gasteiger partial charge on any atom is 0.265 e. The highest BCUT2D eigenvalue weighted by molar-refractivity contribution is 8.04. The van der Waals surface area contributed by atoms with Crippen LogP contribution in [0.25, 0.3) is 6.08 Å². The molecule has 0 spiro atoms. The molecule has 0 aliphatic carbocycles. The van der Waals surface area contributed by atoms with Crippen LogP contribution in [0.1, 0.15) is 58.8 Å². The Morgan fingerprint density at radius 3 is 2.51 bits per heavy atom. The Bertz CT molecular complexity index is 1330. The van der Waals surface area contributed by atoms with Gasteiger partial charge in [0.25, 0.3) is 11.8 Å². The van der Waals surface area contributed by atoms with E-state index in [0.717, 1.165) is 41.2 Å². The van der Waals surface area contributed by atoms with E-state index in [-0.39, 0.29) is 11.8 Å². The third kappa shape index (κ3) is 7.61. The van der Waals surface area contributed by atoms with Gasteiger partial charge < -0.3 is 15.1 Å². The number of nitrogens with one attached hydrogen (secondary N) is 1. The first-order chi connectivity index (χ1) is 18.9. The number of hydrogen-bond donors (Lipinski definition) is 1. The first kappa shape index (κ1) is 28.7. The number of anilines is 1. The summed E-state index contributed by atoms with van der Waals surface area (Å²) in [6.45, 7) is 9.61. The second kappa shape index (κ2) is 13.6. The molecule has 0 atom stereocenters. The highest BCUT2D eigenvalue weighted by atomic mass is 32.2. The summed E-state index contributed by atoms with van der Waals surface area (Å²) in [5.74, 6) is -0.0764. The van der Waals surface area contributed by atoms with Gasteiger partial charge in [-0.2, -0.15) is 0 Å². The van der Waals surface area contributed by atoms with Crippen molar-refractivity contribution in [2.24, 2.45) is 0 Å². The van der Waals surface area contributed by atoms with Crippen LogP contribution in [-0.4, -0.2) is 43.4 Å². The molecule has 204 valence electrons. The van der Waals surface area contributed by atoms with Gasteiger partial charge in [-0.3, -0.25) is 9.59 Å². The zero-order chi connectivity index (χ0) is 27.8. The van der Waals surface area contributed by atoms with Crippen molar-refractivity contribution in [1.82, 2.24) is 10.2 Å². The average molecular weight is 542 g/mol. The molecule has 0 unspecified atom stereocenters. The van der Waals surface area contributed by atoms with Gasteiger partial charge in [-0.15, -0.1) is 0 Å². The van der Waals surface area contributed by atoms with Crippen LogP contribution in [-0.2, 0) is 11.3 Å². The number of carbonyl (C=O) groups is 2. The molecule has 1 aliphatic heterocycles. The molecular formula is C33H39N3O2S. The minimum atomic E-state index is -0.0674. The van der Waals surface area contributed by atoms with Crippen molar-refractivity contribution >= 4 is 35.3 Å². The third-order valence-electron chi connectivity index (χ3n) is 7.03. The maximum atomic E-state index is 13.7. The largest absolute Gasteiger partial charge is 0.352 e. The fraction of sp³-hybridized carbons (Fsp3) is 0.333. The maximum absolute atomic E-state index is 13.7. The number of fused-ring (bicyclic) bond motifs is 1. The third-order valence-corrected chi connectivity index (χ3v) is 8.11. The van der Waals surface area contributed by atoms with Crippen LogP contribution in [0.5, 0.6) is 0 Å². The Hall–Kier alpha value is -3.35. The average Bonchev–Trinajstić information content (AvgIpc) is 2.94. The summed E-state index contributed by atoms with van der Waals surface area (Å²) >= 11 is 1.50. The molecule has 0 saturated carbocycles. The standard InChI is InChI=1S/C33H39N3O2S/c1-5-6-19-35(4)20-9-18-34-32(37)27-16-14-26(15-17-27)22-31-33(38)36(29-10-7-8-11-30(29)39-31)23-28-21-24(2)12-13-25(28)3/h7-8,10-17,21-22H,5-6,9,18-20,23H2,1-4H3,(H,34,37)/b31-22-. The number of benzene rings is 3. The second-order valence-corrected chi connectivity index (χ2v) is 11.4. The monoisotopic (exact) mass is 541 g/mol. The van der Waals surface area contributed by atoms with E-state index < -0.39 is 0 Å². The number of carbonyl (C=O) groups excluding carboxylic acids is 2. The zero-order valence-corrected chi connectivity index (χ0v) is 24.3. The van der Waals surface area contributed by atoms with E-state index >= 15 is 0 Å². The van der Waals surface area contributed by atoms with Crippen molar-refractivity contribution in [1.29, 1.82) is 0 Å². The molecule has 6 heteroatoms.